The van der Waals surface area contributed by atoms with Crippen molar-refractivity contribution in [3.63, 3.8) is 0 Å². The zero-order valence-electron chi connectivity index (χ0n) is 19.2. The highest BCUT2D eigenvalue weighted by Crippen LogP contribution is 2.34. The summed E-state index contributed by atoms with van der Waals surface area (Å²) in [4.78, 5) is 13.6. The van der Waals surface area contributed by atoms with Crippen molar-refractivity contribution in [1.82, 2.24) is 9.62 Å². The van der Waals surface area contributed by atoms with Crippen molar-refractivity contribution in [2.24, 2.45) is 0 Å². The van der Waals surface area contributed by atoms with Crippen LogP contribution in [0.4, 0.5) is 0 Å². The van der Waals surface area contributed by atoms with Gasteiger partial charge in [0.2, 0.25) is 10.0 Å². The van der Waals surface area contributed by atoms with Crippen LogP contribution in [0.25, 0.3) is 0 Å². The van der Waals surface area contributed by atoms with Crippen molar-refractivity contribution in [3.05, 3.63) is 91.9 Å². The summed E-state index contributed by atoms with van der Waals surface area (Å²) in [5, 5.41) is 3.99. The largest absolute Gasteiger partial charge is 0.496 e. The van der Waals surface area contributed by atoms with Crippen molar-refractivity contribution >= 4 is 55.1 Å². The Hall–Kier alpha value is -2.14. The maximum atomic E-state index is 13.6. The molecule has 1 aliphatic rings. The van der Waals surface area contributed by atoms with Gasteiger partial charge < -0.3 is 14.8 Å². The fraction of sp³-hybridized carbons (Fsp3) is 0.240. The van der Waals surface area contributed by atoms with Crippen molar-refractivity contribution in [1.29, 1.82) is 0 Å². The number of carbonyl (C=O) groups excluding carboxylic acids is 1. The van der Waals surface area contributed by atoms with E-state index in [4.69, 9.17) is 32.7 Å². The summed E-state index contributed by atoms with van der Waals surface area (Å²) in [6, 6.07) is 16.0. The van der Waals surface area contributed by atoms with Gasteiger partial charge in [0, 0.05) is 33.2 Å². The van der Waals surface area contributed by atoms with Crippen molar-refractivity contribution in [2.45, 2.75) is 10.9 Å². The monoisotopic (exact) mass is 612 g/mol. The van der Waals surface area contributed by atoms with Crippen LogP contribution in [0.1, 0.15) is 27.5 Å². The SMILES string of the molecule is COc1cc(Cl)ccc1C(NC(=O)c1cc(S(=O)(=O)N2CCOCC2)ccc1Br)c1cccc(Cl)c1. The van der Waals surface area contributed by atoms with Crippen LogP contribution in [-0.4, -0.2) is 52.0 Å². The van der Waals surface area contributed by atoms with Crippen LogP contribution in [0, 0.1) is 0 Å². The molecule has 3 aromatic rings. The first-order chi connectivity index (χ1) is 17.2. The number of benzene rings is 3. The Morgan fingerprint density at radius 2 is 1.78 bits per heavy atom. The molecule has 1 unspecified atom stereocenters. The van der Waals surface area contributed by atoms with Crippen LogP contribution < -0.4 is 10.1 Å². The summed E-state index contributed by atoms with van der Waals surface area (Å²) in [7, 11) is -2.27. The maximum Gasteiger partial charge on any atom is 0.253 e. The van der Waals surface area contributed by atoms with Gasteiger partial charge in [-0.05, 0) is 64.0 Å². The van der Waals surface area contributed by atoms with Gasteiger partial charge >= 0.3 is 0 Å². The molecular weight excluding hydrogens is 591 g/mol. The van der Waals surface area contributed by atoms with E-state index in [-0.39, 0.29) is 23.5 Å². The number of hydrogen-bond acceptors (Lipinski definition) is 5. The molecule has 0 aromatic heterocycles. The zero-order chi connectivity index (χ0) is 25.9. The third-order valence-corrected chi connectivity index (χ3v) is 8.81. The molecule has 0 spiro atoms. The molecule has 0 radical (unpaired) electrons. The Morgan fingerprint density at radius 3 is 2.47 bits per heavy atom. The summed E-state index contributed by atoms with van der Waals surface area (Å²) >= 11 is 15.8. The van der Waals surface area contributed by atoms with E-state index >= 15 is 0 Å². The smallest absolute Gasteiger partial charge is 0.253 e. The van der Waals surface area contributed by atoms with Crippen LogP contribution in [0.2, 0.25) is 10.0 Å². The number of ether oxygens (including phenoxy) is 2. The van der Waals surface area contributed by atoms with E-state index in [1.54, 1.807) is 42.5 Å². The number of methoxy groups -OCH3 is 1. The van der Waals surface area contributed by atoms with Gasteiger partial charge in [-0.25, -0.2) is 8.42 Å². The number of nitrogens with zero attached hydrogens (tertiary/aromatic N) is 1. The lowest BCUT2D eigenvalue weighted by Crippen LogP contribution is -2.40. The first kappa shape index (κ1) is 26.9. The number of carbonyl (C=O) groups is 1. The van der Waals surface area contributed by atoms with E-state index < -0.39 is 22.0 Å². The second-order valence-corrected chi connectivity index (χ2v) is 11.7. The quantitative estimate of drug-likeness (QED) is 0.391. The van der Waals surface area contributed by atoms with Crippen molar-refractivity contribution < 1.29 is 22.7 Å². The van der Waals surface area contributed by atoms with Gasteiger partial charge in [-0.15, -0.1) is 0 Å². The summed E-state index contributed by atoms with van der Waals surface area (Å²) in [6.45, 7) is 1.17. The molecule has 4 rings (SSSR count). The van der Waals surface area contributed by atoms with Gasteiger partial charge in [0.1, 0.15) is 5.75 Å². The highest BCUT2D eigenvalue weighted by molar-refractivity contribution is 9.10. The molecule has 1 fully saturated rings. The molecule has 1 aliphatic heterocycles. The molecule has 3 aromatic carbocycles. The minimum absolute atomic E-state index is 0.0288. The van der Waals surface area contributed by atoms with Crippen LogP contribution in [0.15, 0.2) is 70.0 Å². The van der Waals surface area contributed by atoms with Crippen LogP contribution in [0.5, 0.6) is 5.75 Å². The summed E-state index contributed by atoms with van der Waals surface area (Å²) < 4.78 is 38.9. The fourth-order valence-electron chi connectivity index (χ4n) is 3.93. The summed E-state index contributed by atoms with van der Waals surface area (Å²) in [5.74, 6) is -0.00151. The Morgan fingerprint density at radius 1 is 1.06 bits per heavy atom. The van der Waals surface area contributed by atoms with Crippen LogP contribution in [0.3, 0.4) is 0 Å². The molecule has 11 heteroatoms. The second-order valence-electron chi connectivity index (χ2n) is 8.01. The Labute approximate surface area is 228 Å². The minimum atomic E-state index is -3.79. The number of amides is 1. The lowest BCUT2D eigenvalue weighted by atomic mass is 9.97. The van der Waals surface area contributed by atoms with E-state index in [1.807, 2.05) is 6.07 Å². The van der Waals surface area contributed by atoms with Gasteiger partial charge in [-0.1, -0.05) is 41.4 Å². The number of sulfonamides is 1. The molecular formula is C25H23BrCl2N2O5S. The van der Waals surface area contributed by atoms with Crippen LogP contribution in [-0.2, 0) is 14.8 Å². The molecule has 1 saturated heterocycles. The lowest BCUT2D eigenvalue weighted by molar-refractivity contribution is 0.0730. The first-order valence-electron chi connectivity index (χ1n) is 11.0. The van der Waals surface area contributed by atoms with Gasteiger partial charge in [0.05, 0.1) is 36.8 Å². The third kappa shape index (κ3) is 5.88. The third-order valence-electron chi connectivity index (χ3n) is 5.75. The molecule has 7 nitrogen and oxygen atoms in total. The van der Waals surface area contributed by atoms with E-state index in [1.165, 1.54) is 23.5 Å². The topological polar surface area (TPSA) is 84.9 Å². The van der Waals surface area contributed by atoms with Crippen molar-refractivity contribution in [2.75, 3.05) is 33.4 Å². The molecule has 0 saturated carbocycles. The predicted molar refractivity (Wildman–Crippen MR) is 142 cm³/mol. The highest BCUT2D eigenvalue weighted by Gasteiger charge is 2.29. The standard InChI is InChI=1S/C25H23BrCl2N2O5S/c1-34-23-14-18(28)5-7-20(23)24(16-3-2-4-17(27)13-16)29-25(31)21-15-19(6-8-22(21)26)36(32,33)30-9-11-35-12-10-30/h2-8,13-15,24H,9-12H2,1H3,(H,29,31). The molecule has 1 atom stereocenters. The molecule has 1 amide bonds. The number of morpholine rings is 1. The number of rotatable bonds is 7. The zero-order valence-corrected chi connectivity index (χ0v) is 23.1. The summed E-state index contributed by atoms with van der Waals surface area (Å²) in [6.07, 6.45) is 0. The second kappa shape index (κ2) is 11.5. The van der Waals surface area contributed by atoms with Crippen LogP contribution >= 0.6 is 39.1 Å². The highest BCUT2D eigenvalue weighted by atomic mass is 79.9. The molecule has 0 bridgehead atoms. The van der Waals surface area contributed by atoms with Gasteiger partial charge in [0.15, 0.2) is 0 Å². The molecule has 1 heterocycles. The molecule has 1 N–H and O–H groups in total. The number of nitrogens with one attached hydrogen (secondary N) is 1. The maximum absolute atomic E-state index is 13.6. The van der Waals surface area contributed by atoms with E-state index in [2.05, 4.69) is 21.2 Å². The number of hydrogen-bond donors (Lipinski definition) is 1. The average Bonchev–Trinajstić information content (AvgIpc) is 2.88. The van der Waals surface area contributed by atoms with Crippen molar-refractivity contribution in [3.8, 4) is 5.75 Å². The molecule has 36 heavy (non-hydrogen) atoms. The van der Waals surface area contributed by atoms with E-state index in [0.717, 1.165) is 0 Å². The Bertz CT molecular complexity index is 1380. The van der Waals surface area contributed by atoms with E-state index in [9.17, 15) is 13.2 Å². The van der Waals surface area contributed by atoms with Gasteiger partial charge in [0.25, 0.3) is 5.91 Å². The normalized spacial score (nSPS) is 15.3. The van der Waals surface area contributed by atoms with Gasteiger partial charge in [-0.3, -0.25) is 4.79 Å². The molecule has 190 valence electrons. The Kier molecular flexibility index (Phi) is 8.59. The van der Waals surface area contributed by atoms with Gasteiger partial charge in [-0.2, -0.15) is 4.31 Å². The first-order valence-corrected chi connectivity index (χ1v) is 14.0. The summed E-state index contributed by atoms with van der Waals surface area (Å²) in [5.41, 5.74) is 1.54. The minimum Gasteiger partial charge on any atom is -0.496 e. The fourth-order valence-corrected chi connectivity index (χ4v) is 6.16. The predicted octanol–water partition coefficient (Wildman–Crippen LogP) is 5.30. The molecule has 0 aliphatic carbocycles. The van der Waals surface area contributed by atoms with E-state index in [0.29, 0.717) is 44.6 Å². The Balaban J connectivity index is 1.72. The lowest BCUT2D eigenvalue weighted by Gasteiger charge is -2.26. The average molecular weight is 614 g/mol. The number of halogens is 3.